The molecule has 12 heteroatoms. The highest BCUT2D eigenvalue weighted by atomic mass is 19.4. The van der Waals surface area contributed by atoms with Gasteiger partial charge in [0.2, 0.25) is 5.89 Å². The number of hydrogen-bond donors (Lipinski definition) is 0. The van der Waals surface area contributed by atoms with Gasteiger partial charge in [-0.2, -0.15) is 13.2 Å². The Morgan fingerprint density at radius 1 is 0.864 bits per heavy atom. The normalized spacial score (nSPS) is 16.8. The summed E-state index contributed by atoms with van der Waals surface area (Å²) in [6, 6.07) is 13.7. The Morgan fingerprint density at radius 2 is 1.64 bits per heavy atom. The van der Waals surface area contributed by atoms with Gasteiger partial charge in [0.15, 0.2) is 5.78 Å². The number of alkyl halides is 3. The molecule has 0 bridgehead atoms. The Bertz CT molecular complexity index is 1900. The van der Waals surface area contributed by atoms with Gasteiger partial charge in [-0.3, -0.25) is 9.79 Å². The molecule has 0 N–H and O–H groups in total. The average molecular weight is 599 g/mol. The van der Waals surface area contributed by atoms with Crippen LogP contribution in [0.25, 0.3) is 22.7 Å². The molecule has 0 unspecified atom stereocenters. The number of carbonyl (C=O) groups excluding carboxylic acids is 1. The Morgan fingerprint density at radius 3 is 2.36 bits per heavy atom. The quantitative estimate of drug-likeness (QED) is 0.214. The molecule has 1 atom stereocenters. The van der Waals surface area contributed by atoms with Crippen LogP contribution >= 0.6 is 0 Å². The number of benzene rings is 2. The van der Waals surface area contributed by atoms with Gasteiger partial charge in [-0.05, 0) is 25.0 Å². The fourth-order valence-electron chi connectivity index (χ4n) is 5.17. The third-order valence-corrected chi connectivity index (χ3v) is 7.61. The molecule has 44 heavy (non-hydrogen) atoms. The smallest absolute Gasteiger partial charge is 0.417 e. The number of nitrogens with zero attached hydrogens (tertiary/aromatic N) is 6. The van der Waals surface area contributed by atoms with Crippen molar-refractivity contribution >= 4 is 11.5 Å². The minimum Gasteiger partial charge on any atom is -0.419 e. The van der Waals surface area contributed by atoms with Gasteiger partial charge < -0.3 is 4.42 Å². The summed E-state index contributed by atoms with van der Waals surface area (Å²) in [6.07, 6.45) is 0.629. The Kier molecular flexibility index (Phi) is 6.83. The lowest BCUT2D eigenvalue weighted by Crippen LogP contribution is -2.23. The van der Waals surface area contributed by atoms with Crippen LogP contribution in [0.2, 0.25) is 0 Å². The molecule has 1 saturated carbocycles. The van der Waals surface area contributed by atoms with Gasteiger partial charge in [-0.1, -0.05) is 42.5 Å². The lowest BCUT2D eigenvalue weighted by Gasteiger charge is -2.11. The fraction of sp³-hybridized carbons (Fsp3) is 0.219. The molecule has 2 aromatic carbocycles. The predicted octanol–water partition coefficient (Wildman–Crippen LogP) is 6.20. The number of aromatic nitrogens is 5. The molecule has 1 aliphatic heterocycles. The molecular weight excluding hydrogens is 576 g/mol. The van der Waals surface area contributed by atoms with E-state index in [2.05, 4.69) is 25.1 Å². The highest BCUT2D eigenvalue weighted by Gasteiger charge is 2.34. The van der Waals surface area contributed by atoms with Gasteiger partial charge in [0.25, 0.3) is 5.89 Å². The molecular formula is C32H22F4N6O2. The van der Waals surface area contributed by atoms with Crippen molar-refractivity contribution in [2.45, 2.75) is 43.8 Å². The van der Waals surface area contributed by atoms with Gasteiger partial charge in [0.05, 0.1) is 17.7 Å². The first-order valence-corrected chi connectivity index (χ1v) is 13.9. The second-order valence-corrected chi connectivity index (χ2v) is 10.7. The zero-order valence-corrected chi connectivity index (χ0v) is 22.9. The van der Waals surface area contributed by atoms with Gasteiger partial charge in [0, 0.05) is 58.7 Å². The third kappa shape index (κ3) is 5.38. The molecule has 7 rings (SSSR count). The summed E-state index contributed by atoms with van der Waals surface area (Å²) in [5.74, 6) is -0.0614. The van der Waals surface area contributed by atoms with Crippen molar-refractivity contribution in [3.8, 4) is 22.7 Å². The first-order valence-electron chi connectivity index (χ1n) is 13.9. The van der Waals surface area contributed by atoms with Crippen LogP contribution in [0.15, 0.2) is 82.6 Å². The van der Waals surface area contributed by atoms with Crippen LogP contribution in [-0.2, 0) is 23.8 Å². The van der Waals surface area contributed by atoms with Crippen LogP contribution in [0.3, 0.4) is 0 Å². The molecule has 0 amide bonds. The van der Waals surface area contributed by atoms with E-state index >= 15 is 0 Å². The van der Waals surface area contributed by atoms with Crippen LogP contribution in [0.5, 0.6) is 0 Å². The minimum absolute atomic E-state index is 0.00895. The van der Waals surface area contributed by atoms with Crippen LogP contribution in [0.4, 0.5) is 17.6 Å². The van der Waals surface area contributed by atoms with E-state index < -0.39 is 23.6 Å². The van der Waals surface area contributed by atoms with E-state index in [9.17, 15) is 22.4 Å². The average Bonchev–Trinajstić information content (AvgIpc) is 3.80. The summed E-state index contributed by atoms with van der Waals surface area (Å²) in [5.41, 5.74) is 1.36. The Balaban J connectivity index is 1.24. The number of ketones is 1. The maximum Gasteiger partial charge on any atom is 0.417 e. The summed E-state index contributed by atoms with van der Waals surface area (Å²) < 4.78 is 61.6. The molecule has 4 heterocycles. The molecule has 8 nitrogen and oxygen atoms in total. The molecule has 1 aliphatic carbocycles. The number of halogens is 4. The van der Waals surface area contributed by atoms with E-state index in [1.165, 1.54) is 18.5 Å². The van der Waals surface area contributed by atoms with Crippen molar-refractivity contribution in [3.05, 3.63) is 113 Å². The number of aliphatic imine (C=N–C) groups is 1. The number of rotatable bonds is 6. The first kappa shape index (κ1) is 27.7. The van der Waals surface area contributed by atoms with Crippen LogP contribution in [-0.4, -0.2) is 42.7 Å². The molecule has 0 radical (unpaired) electrons. The van der Waals surface area contributed by atoms with E-state index in [0.29, 0.717) is 34.4 Å². The predicted molar refractivity (Wildman–Crippen MR) is 150 cm³/mol. The number of pyridine rings is 1. The summed E-state index contributed by atoms with van der Waals surface area (Å²) in [7, 11) is 0. The lowest BCUT2D eigenvalue weighted by atomic mass is 9.95. The van der Waals surface area contributed by atoms with Crippen molar-refractivity contribution in [2.75, 3.05) is 0 Å². The molecule has 3 aromatic heterocycles. The second kappa shape index (κ2) is 10.9. The van der Waals surface area contributed by atoms with Gasteiger partial charge in [-0.25, -0.2) is 19.3 Å². The molecule has 5 aromatic rings. The van der Waals surface area contributed by atoms with E-state index in [-0.39, 0.29) is 53.1 Å². The number of fused-ring (bicyclic) bond motifs is 1. The van der Waals surface area contributed by atoms with Gasteiger partial charge in [0.1, 0.15) is 23.4 Å². The maximum atomic E-state index is 14.9. The third-order valence-electron chi connectivity index (χ3n) is 7.61. The van der Waals surface area contributed by atoms with Gasteiger partial charge >= 0.3 is 6.18 Å². The Labute approximate surface area is 248 Å². The topological polar surface area (TPSA) is 107 Å². The molecule has 0 saturated heterocycles. The van der Waals surface area contributed by atoms with E-state index in [4.69, 9.17) is 9.41 Å². The van der Waals surface area contributed by atoms with Gasteiger partial charge in [-0.15, -0.1) is 10.2 Å². The van der Waals surface area contributed by atoms with Crippen molar-refractivity contribution in [3.63, 3.8) is 0 Å². The lowest BCUT2D eigenvalue weighted by molar-refractivity contribution is -0.137. The zero-order chi connectivity index (χ0) is 30.4. The van der Waals surface area contributed by atoms with Crippen molar-refractivity contribution < 1.29 is 26.8 Å². The van der Waals surface area contributed by atoms with Crippen LogP contribution in [0.1, 0.15) is 52.7 Å². The van der Waals surface area contributed by atoms with E-state index in [1.807, 2.05) is 30.3 Å². The highest BCUT2D eigenvalue weighted by molar-refractivity contribution is 6.16. The molecule has 2 aliphatic rings. The molecule has 0 spiro atoms. The second-order valence-electron chi connectivity index (χ2n) is 10.7. The van der Waals surface area contributed by atoms with Crippen molar-refractivity contribution in [1.29, 1.82) is 0 Å². The fourth-order valence-corrected chi connectivity index (χ4v) is 5.17. The number of hydrogen-bond acceptors (Lipinski definition) is 8. The molecule has 220 valence electrons. The van der Waals surface area contributed by atoms with Crippen molar-refractivity contribution in [1.82, 2.24) is 25.1 Å². The van der Waals surface area contributed by atoms with Crippen LogP contribution < -0.4 is 0 Å². The maximum absolute atomic E-state index is 14.9. The number of Topliss-reactive ketones (excluding diaryl/α,β-unsaturated/α-hetero) is 1. The first-order chi connectivity index (χ1) is 21.2. The van der Waals surface area contributed by atoms with E-state index in [0.717, 1.165) is 18.9 Å². The Hall–Kier alpha value is -5.13. The standard InChI is InChI=1S/C32H22F4N6O2/c33-24-8-4-7-21-23(24)12-26(43)25(40-28(21)17-5-2-1-3-6-17)13-27-41-42-31(44-27)29-22(11-20(16-37-29)32(34,35)36)19-14-38-30(39-15-19)18-9-10-18/h1-8,11,14-16,18,25H,9-10,12-13H2/t25-/m1/s1. The summed E-state index contributed by atoms with van der Waals surface area (Å²) in [5, 5.41) is 8.11. The summed E-state index contributed by atoms with van der Waals surface area (Å²) in [4.78, 5) is 30.8. The molecule has 1 fully saturated rings. The summed E-state index contributed by atoms with van der Waals surface area (Å²) >= 11 is 0. The number of carbonyl (C=O) groups is 1. The monoisotopic (exact) mass is 598 g/mol. The highest BCUT2D eigenvalue weighted by Crippen LogP contribution is 2.39. The SMILES string of the molecule is O=C1Cc2c(F)cccc2C(c2ccccc2)=N[C@@H]1Cc1nnc(-c2ncc(C(F)(F)F)cc2-c2cnc(C3CC3)nc2)o1. The van der Waals surface area contributed by atoms with E-state index in [1.54, 1.807) is 12.1 Å². The largest absolute Gasteiger partial charge is 0.419 e. The summed E-state index contributed by atoms with van der Waals surface area (Å²) in [6.45, 7) is 0. The minimum atomic E-state index is -4.64. The zero-order valence-electron chi connectivity index (χ0n) is 22.9. The van der Waals surface area contributed by atoms with Crippen LogP contribution in [0, 0.1) is 5.82 Å². The van der Waals surface area contributed by atoms with Crippen molar-refractivity contribution in [2.24, 2.45) is 4.99 Å².